The van der Waals surface area contributed by atoms with Crippen molar-refractivity contribution < 1.29 is 4.79 Å². The van der Waals surface area contributed by atoms with Gasteiger partial charge in [0.05, 0.1) is 5.02 Å². The minimum absolute atomic E-state index is 0.185. The Labute approximate surface area is 125 Å². The van der Waals surface area contributed by atoms with Crippen molar-refractivity contribution >= 4 is 23.3 Å². The second-order valence-electron chi connectivity index (χ2n) is 6.21. The number of rotatable bonds is 3. The molecule has 1 aliphatic rings. The van der Waals surface area contributed by atoms with Crippen molar-refractivity contribution in [3.05, 3.63) is 22.8 Å². The molecular weight excluding hydrogens is 274 g/mol. The summed E-state index contributed by atoms with van der Waals surface area (Å²) in [6.07, 6.45) is 4.39. The van der Waals surface area contributed by atoms with E-state index < -0.39 is 0 Å². The summed E-state index contributed by atoms with van der Waals surface area (Å²) in [6, 6.07) is 3.66. The lowest BCUT2D eigenvalue weighted by molar-refractivity contribution is 0.0898. The molecule has 5 heteroatoms. The largest absolute Gasteiger partial charge is 0.373 e. The van der Waals surface area contributed by atoms with E-state index >= 15 is 0 Å². The van der Waals surface area contributed by atoms with Crippen LogP contribution in [-0.2, 0) is 0 Å². The normalized spacial score (nSPS) is 21.3. The molecule has 1 aromatic heterocycles. The zero-order valence-corrected chi connectivity index (χ0v) is 13.0. The fourth-order valence-corrected chi connectivity index (χ4v) is 3.01. The summed E-state index contributed by atoms with van der Waals surface area (Å²) in [5.41, 5.74) is 0.585. The van der Waals surface area contributed by atoms with Crippen molar-refractivity contribution in [1.82, 2.24) is 10.3 Å². The third-order valence-electron chi connectivity index (χ3n) is 3.86. The molecule has 1 aromatic rings. The SMILES string of the molecule is CNc1ccc(Cl)c(C(=O)NC2CCCC(C)(C)C2)n1. The van der Waals surface area contributed by atoms with Crippen molar-refractivity contribution in [1.29, 1.82) is 0 Å². The van der Waals surface area contributed by atoms with Gasteiger partial charge in [0.2, 0.25) is 0 Å². The van der Waals surface area contributed by atoms with Gasteiger partial charge in [-0.15, -0.1) is 0 Å². The van der Waals surface area contributed by atoms with Gasteiger partial charge < -0.3 is 10.6 Å². The van der Waals surface area contributed by atoms with E-state index in [1.807, 2.05) is 0 Å². The van der Waals surface area contributed by atoms with Crippen LogP contribution in [0.3, 0.4) is 0 Å². The molecular formula is C15H22ClN3O. The first-order chi connectivity index (χ1) is 9.41. The number of pyridine rings is 1. The molecule has 1 atom stereocenters. The van der Waals surface area contributed by atoms with Gasteiger partial charge >= 0.3 is 0 Å². The Balaban J connectivity index is 2.08. The fourth-order valence-electron chi connectivity index (χ4n) is 2.82. The number of carbonyl (C=O) groups is 1. The number of nitrogens with one attached hydrogen (secondary N) is 2. The van der Waals surface area contributed by atoms with Crippen molar-refractivity contribution in [3.63, 3.8) is 0 Å². The molecule has 1 aliphatic carbocycles. The van der Waals surface area contributed by atoms with Crippen molar-refractivity contribution in [2.75, 3.05) is 12.4 Å². The number of nitrogens with zero attached hydrogens (tertiary/aromatic N) is 1. The molecule has 0 radical (unpaired) electrons. The Bertz CT molecular complexity index is 502. The van der Waals surface area contributed by atoms with E-state index in [9.17, 15) is 4.79 Å². The molecule has 0 spiro atoms. The van der Waals surface area contributed by atoms with Gasteiger partial charge in [-0.25, -0.2) is 4.98 Å². The van der Waals surface area contributed by atoms with Gasteiger partial charge in [-0.1, -0.05) is 31.9 Å². The van der Waals surface area contributed by atoms with Crippen LogP contribution in [0.1, 0.15) is 50.0 Å². The Hall–Kier alpha value is -1.29. The summed E-state index contributed by atoms with van der Waals surface area (Å²) in [6.45, 7) is 4.50. The number of aromatic nitrogens is 1. The lowest BCUT2D eigenvalue weighted by atomic mass is 9.75. The van der Waals surface area contributed by atoms with Crippen LogP contribution in [0.4, 0.5) is 5.82 Å². The van der Waals surface area contributed by atoms with Gasteiger partial charge in [0.15, 0.2) is 0 Å². The van der Waals surface area contributed by atoms with Gasteiger partial charge in [-0.3, -0.25) is 4.79 Å². The Morgan fingerprint density at radius 3 is 2.85 bits per heavy atom. The second-order valence-corrected chi connectivity index (χ2v) is 6.62. The maximum atomic E-state index is 12.3. The summed E-state index contributed by atoms with van der Waals surface area (Å²) < 4.78 is 0. The van der Waals surface area contributed by atoms with E-state index in [0.29, 0.717) is 21.9 Å². The predicted octanol–water partition coefficient (Wildman–Crippen LogP) is 3.48. The quantitative estimate of drug-likeness (QED) is 0.898. The molecule has 1 amide bonds. The molecule has 20 heavy (non-hydrogen) atoms. The summed E-state index contributed by atoms with van der Waals surface area (Å²) in [7, 11) is 1.77. The Morgan fingerprint density at radius 2 is 2.20 bits per heavy atom. The fraction of sp³-hybridized carbons (Fsp3) is 0.600. The minimum atomic E-state index is -0.185. The van der Waals surface area contributed by atoms with E-state index in [1.54, 1.807) is 19.2 Å². The maximum absolute atomic E-state index is 12.3. The number of carbonyl (C=O) groups excluding carboxylic acids is 1. The molecule has 0 aromatic carbocycles. The van der Waals surface area contributed by atoms with Crippen molar-refractivity contribution in [3.8, 4) is 0 Å². The standard InChI is InChI=1S/C15H22ClN3O/c1-15(2)8-4-5-10(9-15)18-14(20)13-11(16)6-7-12(17-3)19-13/h6-7,10H,4-5,8-9H2,1-3H3,(H,17,19)(H,18,20). The van der Waals surface area contributed by atoms with Crippen LogP contribution in [0.2, 0.25) is 5.02 Å². The number of halogens is 1. The van der Waals surface area contributed by atoms with Crippen LogP contribution >= 0.6 is 11.6 Å². The van der Waals surface area contributed by atoms with Crippen LogP contribution in [0.15, 0.2) is 12.1 Å². The summed E-state index contributed by atoms with van der Waals surface area (Å²) in [5.74, 6) is 0.457. The van der Waals surface area contributed by atoms with E-state index in [-0.39, 0.29) is 11.9 Å². The third-order valence-corrected chi connectivity index (χ3v) is 4.16. The van der Waals surface area contributed by atoms with Crippen molar-refractivity contribution in [2.24, 2.45) is 5.41 Å². The second kappa shape index (κ2) is 6.00. The summed E-state index contributed by atoms with van der Waals surface area (Å²) >= 11 is 6.07. The highest BCUT2D eigenvalue weighted by molar-refractivity contribution is 6.33. The predicted molar refractivity (Wildman–Crippen MR) is 82.3 cm³/mol. The first kappa shape index (κ1) is 15.1. The molecule has 1 fully saturated rings. The summed E-state index contributed by atoms with van der Waals surface area (Å²) in [5, 5.41) is 6.37. The number of anilines is 1. The van der Waals surface area contributed by atoms with Crippen LogP contribution in [0, 0.1) is 5.41 Å². The number of hydrogen-bond donors (Lipinski definition) is 2. The van der Waals surface area contributed by atoms with Gasteiger partial charge in [0, 0.05) is 13.1 Å². The molecule has 2 rings (SSSR count). The van der Waals surface area contributed by atoms with E-state index in [1.165, 1.54) is 6.42 Å². The van der Waals surface area contributed by atoms with Crippen LogP contribution in [0.25, 0.3) is 0 Å². The molecule has 0 bridgehead atoms. The number of amides is 1. The lowest BCUT2D eigenvalue weighted by Gasteiger charge is -2.35. The molecule has 0 aliphatic heterocycles. The monoisotopic (exact) mass is 295 g/mol. The van der Waals surface area contributed by atoms with Gasteiger partial charge in [0.1, 0.15) is 11.5 Å². The first-order valence-corrected chi connectivity index (χ1v) is 7.44. The maximum Gasteiger partial charge on any atom is 0.271 e. The smallest absolute Gasteiger partial charge is 0.271 e. The van der Waals surface area contributed by atoms with Crippen molar-refractivity contribution in [2.45, 2.75) is 45.6 Å². The minimum Gasteiger partial charge on any atom is -0.373 e. The third kappa shape index (κ3) is 3.63. The molecule has 110 valence electrons. The van der Waals surface area contributed by atoms with Gasteiger partial charge in [0.25, 0.3) is 5.91 Å². The summed E-state index contributed by atoms with van der Waals surface area (Å²) in [4.78, 5) is 16.6. The van der Waals surface area contributed by atoms with E-state index in [2.05, 4.69) is 29.5 Å². The zero-order chi connectivity index (χ0) is 14.8. The van der Waals surface area contributed by atoms with Crippen LogP contribution < -0.4 is 10.6 Å². The van der Waals surface area contributed by atoms with Crippen LogP contribution in [-0.4, -0.2) is 24.0 Å². The van der Waals surface area contributed by atoms with E-state index in [0.717, 1.165) is 19.3 Å². The molecule has 4 nitrogen and oxygen atoms in total. The average molecular weight is 296 g/mol. The zero-order valence-electron chi connectivity index (χ0n) is 12.3. The molecule has 2 N–H and O–H groups in total. The topological polar surface area (TPSA) is 54.0 Å². The van der Waals surface area contributed by atoms with Gasteiger partial charge in [-0.2, -0.15) is 0 Å². The first-order valence-electron chi connectivity index (χ1n) is 7.06. The molecule has 1 unspecified atom stereocenters. The highest BCUT2D eigenvalue weighted by atomic mass is 35.5. The number of hydrogen-bond acceptors (Lipinski definition) is 3. The van der Waals surface area contributed by atoms with Crippen LogP contribution in [0.5, 0.6) is 0 Å². The lowest BCUT2D eigenvalue weighted by Crippen LogP contribution is -2.41. The highest BCUT2D eigenvalue weighted by Crippen LogP contribution is 2.35. The average Bonchev–Trinajstić information content (AvgIpc) is 2.38. The Kier molecular flexibility index (Phi) is 4.53. The molecule has 1 saturated carbocycles. The van der Waals surface area contributed by atoms with E-state index in [4.69, 9.17) is 11.6 Å². The molecule has 1 heterocycles. The van der Waals surface area contributed by atoms with Gasteiger partial charge in [-0.05, 0) is 36.8 Å². The molecule has 0 saturated heterocycles. The Morgan fingerprint density at radius 1 is 1.45 bits per heavy atom. The highest BCUT2D eigenvalue weighted by Gasteiger charge is 2.29.